The maximum absolute atomic E-state index is 13.1. The number of hydrogen-bond donors (Lipinski definition) is 2. The largest absolute Gasteiger partial charge is 0.416 e. The molecule has 0 spiro atoms. The van der Waals surface area contributed by atoms with Crippen LogP contribution in [0.1, 0.15) is 24.7 Å². The van der Waals surface area contributed by atoms with E-state index in [2.05, 4.69) is 15.1 Å². The van der Waals surface area contributed by atoms with Crippen LogP contribution in [0.25, 0.3) is 16.9 Å². The Morgan fingerprint density at radius 2 is 1.86 bits per heavy atom. The van der Waals surface area contributed by atoms with Gasteiger partial charge in [-0.2, -0.15) is 13.2 Å². The molecule has 0 bridgehead atoms. The third-order valence-electron chi connectivity index (χ3n) is 5.17. The monoisotopic (exact) mass is 508 g/mol. The van der Waals surface area contributed by atoms with Gasteiger partial charge in [-0.15, -0.1) is 5.10 Å². The number of rotatable bonds is 7. The van der Waals surface area contributed by atoms with Gasteiger partial charge in [-0.25, -0.2) is 14.5 Å². The molecular formula is C22H20ClF3N6O3. The van der Waals surface area contributed by atoms with Crippen LogP contribution in [0.4, 0.5) is 13.2 Å². The molecule has 1 unspecified atom stereocenters. The number of pyridine rings is 1. The van der Waals surface area contributed by atoms with Gasteiger partial charge in [-0.05, 0) is 36.8 Å². The Labute approximate surface area is 201 Å². The number of aliphatic hydroxyl groups is 2. The number of aromatic nitrogens is 6. The van der Waals surface area contributed by atoms with Crippen LogP contribution in [-0.4, -0.2) is 51.4 Å². The molecule has 0 saturated carbocycles. The molecule has 0 saturated heterocycles. The number of halogens is 4. The molecule has 0 amide bonds. The average Bonchev–Trinajstić information content (AvgIpc) is 3.37. The maximum atomic E-state index is 13.1. The molecule has 4 rings (SSSR count). The molecule has 2 N–H and O–H groups in total. The smallest absolute Gasteiger partial charge is 0.385 e. The van der Waals surface area contributed by atoms with Gasteiger partial charge in [0.15, 0.2) is 17.8 Å². The minimum Gasteiger partial charge on any atom is -0.385 e. The summed E-state index contributed by atoms with van der Waals surface area (Å²) in [5, 5.41) is 24.5. The van der Waals surface area contributed by atoms with Crippen molar-refractivity contribution >= 4 is 11.6 Å². The first kappa shape index (κ1) is 24.6. The Morgan fingerprint density at radius 1 is 1.14 bits per heavy atom. The number of alkyl halides is 3. The second kappa shape index (κ2) is 9.64. The molecule has 184 valence electrons. The summed E-state index contributed by atoms with van der Waals surface area (Å²) in [5.74, 6) is 0.342. The van der Waals surface area contributed by atoms with Crippen LogP contribution in [0.5, 0.6) is 0 Å². The first-order valence-electron chi connectivity index (χ1n) is 10.4. The lowest BCUT2D eigenvalue weighted by Gasteiger charge is -2.16. The van der Waals surface area contributed by atoms with Crippen molar-refractivity contribution in [1.82, 2.24) is 28.9 Å². The minimum atomic E-state index is -4.91. The number of hydrogen-bond acceptors (Lipinski definition) is 6. The van der Waals surface area contributed by atoms with Gasteiger partial charge in [-0.1, -0.05) is 23.7 Å². The van der Waals surface area contributed by atoms with E-state index < -0.39 is 30.6 Å². The lowest BCUT2D eigenvalue weighted by molar-refractivity contribution is -0.207. The Kier molecular flexibility index (Phi) is 6.79. The van der Waals surface area contributed by atoms with Crippen molar-refractivity contribution in [2.75, 3.05) is 0 Å². The Bertz CT molecular complexity index is 1360. The normalized spacial score (nSPS) is 13.7. The SMILES string of the molecule is C[C@H](O)c1nc(Cn2cc(-c3ccc(Cl)cc3)n(CC(O)C(F)(F)F)c2=O)nn1-c1cccnc1. The van der Waals surface area contributed by atoms with Gasteiger partial charge in [0.2, 0.25) is 0 Å². The fourth-order valence-corrected chi connectivity index (χ4v) is 3.60. The standard InChI is InChI=1S/C22H20ClF3N6O3/c1-13(33)20-28-19(29-32(20)16-3-2-8-27-9-16)12-30-10-17(14-4-6-15(23)7-5-14)31(21(30)35)11-18(34)22(24,25)26/h2-10,13,18,33-34H,11-12H2,1H3/t13-,18?/m0/s1. The van der Waals surface area contributed by atoms with Crippen molar-refractivity contribution in [3.05, 3.63) is 82.1 Å². The number of benzene rings is 1. The lowest BCUT2D eigenvalue weighted by atomic mass is 10.1. The molecule has 0 aliphatic carbocycles. The summed E-state index contributed by atoms with van der Waals surface area (Å²) in [5.41, 5.74) is 0.312. The third-order valence-corrected chi connectivity index (χ3v) is 5.42. The molecule has 2 atom stereocenters. The number of imidazole rings is 1. The summed E-state index contributed by atoms with van der Waals surface area (Å²) in [6.45, 7) is 0.311. The summed E-state index contributed by atoms with van der Waals surface area (Å²) in [7, 11) is 0. The predicted molar refractivity (Wildman–Crippen MR) is 120 cm³/mol. The van der Waals surface area contributed by atoms with Crippen molar-refractivity contribution in [3.63, 3.8) is 0 Å². The summed E-state index contributed by atoms with van der Waals surface area (Å²) >= 11 is 5.91. The van der Waals surface area contributed by atoms with Crippen molar-refractivity contribution in [2.24, 2.45) is 0 Å². The number of nitrogens with zero attached hydrogens (tertiary/aromatic N) is 6. The zero-order chi connectivity index (χ0) is 25.3. The first-order chi connectivity index (χ1) is 16.5. The van der Waals surface area contributed by atoms with Crippen LogP contribution in [0.2, 0.25) is 5.02 Å². The van der Waals surface area contributed by atoms with Gasteiger partial charge in [0.25, 0.3) is 0 Å². The summed E-state index contributed by atoms with van der Waals surface area (Å²) in [4.78, 5) is 21.4. The van der Waals surface area contributed by atoms with E-state index in [0.29, 0.717) is 16.3 Å². The summed E-state index contributed by atoms with van der Waals surface area (Å²) in [6.07, 6.45) is -4.20. The van der Waals surface area contributed by atoms with Crippen molar-refractivity contribution in [3.8, 4) is 16.9 Å². The van der Waals surface area contributed by atoms with Crippen molar-refractivity contribution in [1.29, 1.82) is 0 Å². The highest BCUT2D eigenvalue weighted by atomic mass is 35.5. The van der Waals surface area contributed by atoms with Crippen molar-refractivity contribution < 1.29 is 23.4 Å². The molecule has 1 aromatic carbocycles. The topological polar surface area (TPSA) is 111 Å². The molecule has 35 heavy (non-hydrogen) atoms. The third kappa shape index (κ3) is 5.29. The van der Waals surface area contributed by atoms with Gasteiger partial charge < -0.3 is 10.2 Å². The second-order valence-corrected chi connectivity index (χ2v) is 8.22. The molecular weight excluding hydrogens is 489 g/mol. The fourth-order valence-electron chi connectivity index (χ4n) is 3.48. The van der Waals surface area contributed by atoms with Crippen LogP contribution in [-0.2, 0) is 13.1 Å². The highest BCUT2D eigenvalue weighted by molar-refractivity contribution is 6.30. The summed E-state index contributed by atoms with van der Waals surface area (Å²) < 4.78 is 42.5. The van der Waals surface area contributed by atoms with E-state index in [4.69, 9.17) is 11.6 Å². The minimum absolute atomic E-state index is 0.142. The van der Waals surface area contributed by atoms with Crippen LogP contribution >= 0.6 is 11.6 Å². The van der Waals surface area contributed by atoms with Gasteiger partial charge in [-0.3, -0.25) is 14.1 Å². The number of aliphatic hydroxyl groups excluding tert-OH is 2. The second-order valence-electron chi connectivity index (χ2n) is 7.78. The van der Waals surface area contributed by atoms with Gasteiger partial charge in [0, 0.05) is 17.4 Å². The van der Waals surface area contributed by atoms with Crippen molar-refractivity contribution in [2.45, 2.75) is 38.4 Å². The quantitative estimate of drug-likeness (QED) is 0.397. The van der Waals surface area contributed by atoms with E-state index in [9.17, 15) is 28.2 Å². The van der Waals surface area contributed by atoms with E-state index in [-0.39, 0.29) is 23.9 Å². The first-order valence-corrected chi connectivity index (χ1v) is 10.8. The molecule has 0 aliphatic heterocycles. The van der Waals surface area contributed by atoms with E-state index in [0.717, 1.165) is 9.13 Å². The predicted octanol–water partition coefficient (Wildman–Crippen LogP) is 2.97. The Hall–Kier alpha value is -3.48. The molecule has 13 heteroatoms. The molecule has 4 aromatic rings. The van der Waals surface area contributed by atoms with E-state index >= 15 is 0 Å². The van der Waals surface area contributed by atoms with Gasteiger partial charge >= 0.3 is 11.9 Å². The average molecular weight is 509 g/mol. The molecule has 0 aliphatic rings. The van der Waals surface area contributed by atoms with E-state index in [1.807, 2.05) is 0 Å². The van der Waals surface area contributed by atoms with Gasteiger partial charge in [0.1, 0.15) is 6.10 Å². The molecule has 0 fully saturated rings. The molecule has 3 heterocycles. The van der Waals surface area contributed by atoms with Crippen LogP contribution in [0.15, 0.2) is 59.8 Å². The van der Waals surface area contributed by atoms with E-state index in [1.54, 1.807) is 30.5 Å². The fraction of sp³-hybridized carbons (Fsp3) is 0.273. The Balaban J connectivity index is 1.76. The molecule has 0 radical (unpaired) electrons. The maximum Gasteiger partial charge on any atom is 0.416 e. The highest BCUT2D eigenvalue weighted by Gasteiger charge is 2.39. The highest BCUT2D eigenvalue weighted by Crippen LogP contribution is 2.25. The summed E-state index contributed by atoms with van der Waals surface area (Å²) in [6, 6.07) is 9.57. The van der Waals surface area contributed by atoms with E-state index in [1.165, 1.54) is 36.1 Å². The molecule has 9 nitrogen and oxygen atoms in total. The van der Waals surface area contributed by atoms with Crippen LogP contribution < -0.4 is 5.69 Å². The van der Waals surface area contributed by atoms with Crippen LogP contribution in [0.3, 0.4) is 0 Å². The zero-order valence-corrected chi connectivity index (χ0v) is 19.0. The van der Waals surface area contributed by atoms with Crippen LogP contribution in [0, 0.1) is 0 Å². The van der Waals surface area contributed by atoms with Gasteiger partial charge in [0.05, 0.1) is 30.7 Å². The zero-order valence-electron chi connectivity index (χ0n) is 18.3. The Morgan fingerprint density at radius 3 is 2.46 bits per heavy atom. The molecule has 3 aromatic heterocycles. The lowest BCUT2D eigenvalue weighted by Crippen LogP contribution is -2.37.